The van der Waals surface area contributed by atoms with Crippen molar-refractivity contribution in [3.8, 4) is 0 Å². The molecule has 0 aliphatic heterocycles. The number of alkyl halides is 1. The van der Waals surface area contributed by atoms with Crippen LogP contribution in [-0.4, -0.2) is 28.9 Å². The van der Waals surface area contributed by atoms with E-state index in [0.717, 1.165) is 17.0 Å². The maximum atomic E-state index is 12.2. The van der Waals surface area contributed by atoms with Gasteiger partial charge in [0.2, 0.25) is 0 Å². The topological polar surface area (TPSA) is 31.2 Å². The quantitative estimate of drug-likeness (QED) is 0.559. The highest BCUT2D eigenvalue weighted by Gasteiger charge is 2.24. The summed E-state index contributed by atoms with van der Waals surface area (Å²) < 4.78 is 7.82. The number of rotatable bonds is 7. The van der Waals surface area contributed by atoms with Crippen molar-refractivity contribution in [1.82, 2.24) is 4.57 Å². The van der Waals surface area contributed by atoms with Gasteiger partial charge in [-0.2, -0.15) is 0 Å². The lowest BCUT2D eigenvalue weighted by Crippen LogP contribution is -2.23. The Morgan fingerprint density at radius 2 is 1.95 bits per heavy atom. The van der Waals surface area contributed by atoms with Crippen LogP contribution >= 0.6 is 11.6 Å². The molecule has 0 aliphatic rings. The van der Waals surface area contributed by atoms with Crippen molar-refractivity contribution >= 4 is 17.4 Å². The normalized spacial score (nSPS) is 14.6. The van der Waals surface area contributed by atoms with Crippen LogP contribution in [0.25, 0.3) is 0 Å². The summed E-state index contributed by atoms with van der Waals surface area (Å²) in [5, 5.41) is -0.492. The lowest BCUT2D eigenvalue weighted by molar-refractivity contribution is 0.0942. The van der Waals surface area contributed by atoms with Gasteiger partial charge in [-0.05, 0) is 39.7 Å². The molecule has 2 unspecified atom stereocenters. The molecule has 0 aromatic carbocycles. The fourth-order valence-corrected chi connectivity index (χ4v) is 2.67. The minimum Gasteiger partial charge on any atom is -0.380 e. The van der Waals surface area contributed by atoms with Gasteiger partial charge < -0.3 is 9.30 Å². The first kappa shape index (κ1) is 17.3. The fourth-order valence-electron chi connectivity index (χ4n) is 2.55. The number of hydrogen-bond acceptors (Lipinski definition) is 2. The Kier molecular flexibility index (Phi) is 6.28. The molecule has 1 rings (SSSR count). The molecule has 3 nitrogen and oxygen atoms in total. The van der Waals surface area contributed by atoms with E-state index in [1.807, 2.05) is 26.8 Å². The summed E-state index contributed by atoms with van der Waals surface area (Å²) in [4.78, 5) is 12.2. The van der Waals surface area contributed by atoms with E-state index in [9.17, 15) is 4.79 Å². The molecular formula is C16H26ClNO2. The third-order valence-corrected chi connectivity index (χ3v) is 3.90. The van der Waals surface area contributed by atoms with Crippen LogP contribution in [0, 0.1) is 19.8 Å². The molecule has 0 fully saturated rings. The van der Waals surface area contributed by atoms with Crippen LogP contribution in [0.4, 0.5) is 0 Å². The Hall–Kier alpha value is -0.800. The van der Waals surface area contributed by atoms with Gasteiger partial charge in [-0.25, -0.2) is 0 Å². The smallest absolute Gasteiger partial charge is 0.182 e. The van der Waals surface area contributed by atoms with E-state index in [4.69, 9.17) is 16.3 Å². The van der Waals surface area contributed by atoms with E-state index >= 15 is 0 Å². The van der Waals surface area contributed by atoms with Crippen LogP contribution in [0.15, 0.2) is 6.07 Å². The highest BCUT2D eigenvalue weighted by atomic mass is 35.5. The predicted molar refractivity (Wildman–Crippen MR) is 83.9 cm³/mol. The van der Waals surface area contributed by atoms with Gasteiger partial charge in [-0.1, -0.05) is 13.8 Å². The maximum Gasteiger partial charge on any atom is 0.182 e. The van der Waals surface area contributed by atoms with Crippen LogP contribution in [0.2, 0.25) is 0 Å². The second-order valence-corrected chi connectivity index (χ2v) is 6.26. The third-order valence-electron chi connectivity index (χ3n) is 3.71. The van der Waals surface area contributed by atoms with Crippen molar-refractivity contribution in [1.29, 1.82) is 0 Å². The van der Waals surface area contributed by atoms with E-state index < -0.39 is 5.38 Å². The molecular weight excluding hydrogens is 274 g/mol. The van der Waals surface area contributed by atoms with Crippen LogP contribution in [0.3, 0.4) is 0 Å². The summed E-state index contributed by atoms with van der Waals surface area (Å²) in [6, 6.07) is 2.18. The molecule has 0 saturated heterocycles. The standard InChI is InChI=1S/C16H26ClNO2/c1-7-20-9-15(10(2)3)18-11(4)8-14(13(18)6)16(19)12(5)17/h8,10,12,15H,7,9H2,1-6H3. The van der Waals surface area contributed by atoms with Crippen molar-refractivity contribution in [2.75, 3.05) is 13.2 Å². The van der Waals surface area contributed by atoms with Crippen LogP contribution in [0.1, 0.15) is 55.5 Å². The number of aryl methyl sites for hydroxylation is 1. The first-order chi connectivity index (χ1) is 9.31. The van der Waals surface area contributed by atoms with Crippen molar-refractivity contribution in [3.05, 3.63) is 23.0 Å². The van der Waals surface area contributed by atoms with Gasteiger partial charge in [0.25, 0.3) is 0 Å². The highest BCUT2D eigenvalue weighted by molar-refractivity contribution is 6.33. The molecule has 0 bridgehead atoms. The molecule has 1 aromatic rings. The second kappa shape index (κ2) is 7.28. The zero-order chi connectivity index (χ0) is 15.4. The van der Waals surface area contributed by atoms with Gasteiger partial charge in [-0.3, -0.25) is 4.79 Å². The van der Waals surface area contributed by atoms with Crippen LogP contribution in [0.5, 0.6) is 0 Å². The zero-order valence-electron chi connectivity index (χ0n) is 13.4. The van der Waals surface area contributed by atoms with E-state index in [2.05, 4.69) is 18.4 Å². The van der Waals surface area contributed by atoms with Gasteiger partial charge in [0.1, 0.15) is 0 Å². The summed E-state index contributed by atoms with van der Waals surface area (Å²) >= 11 is 5.94. The van der Waals surface area contributed by atoms with E-state index in [-0.39, 0.29) is 11.8 Å². The predicted octanol–water partition coefficient (Wildman–Crippen LogP) is 4.15. The minimum atomic E-state index is -0.492. The minimum absolute atomic E-state index is 0.00932. The summed E-state index contributed by atoms with van der Waals surface area (Å²) in [6.07, 6.45) is 0. The largest absolute Gasteiger partial charge is 0.380 e. The lowest BCUT2D eigenvalue weighted by Gasteiger charge is -2.26. The van der Waals surface area contributed by atoms with Gasteiger partial charge in [0.15, 0.2) is 5.78 Å². The number of carbonyl (C=O) groups excluding carboxylic acids is 1. The number of Topliss-reactive ketones (excluding diaryl/α,β-unsaturated/α-hetero) is 1. The van der Waals surface area contributed by atoms with Crippen molar-refractivity contribution in [2.24, 2.45) is 5.92 Å². The van der Waals surface area contributed by atoms with Crippen molar-refractivity contribution < 1.29 is 9.53 Å². The molecule has 0 radical (unpaired) electrons. The Morgan fingerprint density at radius 1 is 1.35 bits per heavy atom. The van der Waals surface area contributed by atoms with E-state index in [1.54, 1.807) is 6.92 Å². The number of aromatic nitrogens is 1. The number of nitrogens with zero attached hydrogens (tertiary/aromatic N) is 1. The number of hydrogen-bond donors (Lipinski definition) is 0. The Morgan fingerprint density at radius 3 is 2.40 bits per heavy atom. The first-order valence-electron chi connectivity index (χ1n) is 7.25. The van der Waals surface area contributed by atoms with Gasteiger partial charge in [-0.15, -0.1) is 11.6 Å². The fraction of sp³-hybridized carbons (Fsp3) is 0.688. The number of ether oxygens (including phenoxy) is 1. The van der Waals surface area contributed by atoms with Gasteiger partial charge >= 0.3 is 0 Å². The molecule has 0 aliphatic carbocycles. The highest BCUT2D eigenvalue weighted by Crippen LogP contribution is 2.27. The van der Waals surface area contributed by atoms with Crippen LogP contribution in [-0.2, 0) is 4.74 Å². The molecule has 1 heterocycles. The molecule has 0 N–H and O–H groups in total. The zero-order valence-corrected chi connectivity index (χ0v) is 14.1. The molecule has 0 saturated carbocycles. The van der Waals surface area contributed by atoms with Crippen molar-refractivity contribution in [2.45, 2.75) is 53.0 Å². The number of halogens is 1. The van der Waals surface area contributed by atoms with Crippen LogP contribution < -0.4 is 0 Å². The molecule has 0 amide bonds. The third kappa shape index (κ3) is 3.64. The maximum absolute atomic E-state index is 12.2. The summed E-state index contributed by atoms with van der Waals surface area (Å²) in [5.41, 5.74) is 2.80. The van der Waals surface area contributed by atoms with E-state index in [0.29, 0.717) is 19.1 Å². The average Bonchev–Trinajstić information content (AvgIpc) is 2.65. The molecule has 20 heavy (non-hydrogen) atoms. The SMILES string of the molecule is CCOCC(C(C)C)n1c(C)cc(C(=O)C(C)Cl)c1C. The Bertz CT molecular complexity index is 463. The summed E-state index contributed by atoms with van der Waals surface area (Å²) in [7, 11) is 0. The van der Waals surface area contributed by atoms with E-state index in [1.165, 1.54) is 0 Å². The summed E-state index contributed by atoms with van der Waals surface area (Å²) in [5.74, 6) is 0.424. The molecule has 0 spiro atoms. The summed E-state index contributed by atoms with van der Waals surface area (Å²) in [6.45, 7) is 13.4. The average molecular weight is 300 g/mol. The molecule has 114 valence electrons. The monoisotopic (exact) mass is 299 g/mol. The molecule has 4 heteroatoms. The second-order valence-electron chi connectivity index (χ2n) is 5.61. The lowest BCUT2D eigenvalue weighted by atomic mass is 10.0. The van der Waals surface area contributed by atoms with Gasteiger partial charge in [0.05, 0.1) is 18.0 Å². The number of carbonyl (C=O) groups is 1. The Labute approximate surface area is 127 Å². The molecule has 2 atom stereocenters. The van der Waals surface area contributed by atoms with Gasteiger partial charge in [0, 0.05) is 23.6 Å². The first-order valence-corrected chi connectivity index (χ1v) is 7.69. The number of ketones is 1. The molecule has 1 aromatic heterocycles. The van der Waals surface area contributed by atoms with Crippen molar-refractivity contribution in [3.63, 3.8) is 0 Å². The Balaban J connectivity index is 3.19.